The van der Waals surface area contributed by atoms with Gasteiger partial charge in [-0.15, -0.1) is 0 Å². The molecule has 0 saturated heterocycles. The summed E-state index contributed by atoms with van der Waals surface area (Å²) in [6, 6.07) is 20.3. The van der Waals surface area contributed by atoms with Crippen molar-refractivity contribution < 1.29 is 42.1 Å². The van der Waals surface area contributed by atoms with Crippen LogP contribution >= 0.6 is 0 Å². The molecular weight excluding hydrogens is 588 g/mol. The summed E-state index contributed by atoms with van der Waals surface area (Å²) in [6.45, 7) is 8.44. The number of ether oxygens (including phenoxy) is 4. The van der Waals surface area contributed by atoms with Gasteiger partial charge in [-0.05, 0) is 76.4 Å². The van der Waals surface area contributed by atoms with Gasteiger partial charge >= 0.3 is 6.09 Å². The number of benzene rings is 3. The second-order valence-electron chi connectivity index (χ2n) is 11.6. The maximum atomic E-state index is 13.7. The summed E-state index contributed by atoms with van der Waals surface area (Å²) in [6.07, 6.45) is -2.51. The van der Waals surface area contributed by atoms with E-state index in [9.17, 15) is 18.3 Å². The third-order valence-corrected chi connectivity index (χ3v) is 7.99. The summed E-state index contributed by atoms with van der Waals surface area (Å²) in [7, 11) is -4.26. The number of hydrogen-bond donors (Lipinski definition) is 2. The van der Waals surface area contributed by atoms with Crippen LogP contribution in [-0.4, -0.2) is 61.3 Å². The van der Waals surface area contributed by atoms with Crippen molar-refractivity contribution in [3.63, 3.8) is 0 Å². The zero-order valence-corrected chi connectivity index (χ0v) is 26.4. The van der Waals surface area contributed by atoms with E-state index in [1.54, 1.807) is 46.8 Å². The number of amides is 1. The molecule has 12 heteroatoms. The molecule has 0 radical (unpaired) electrons. The monoisotopic (exact) mass is 628 g/mol. The van der Waals surface area contributed by atoms with Gasteiger partial charge in [-0.1, -0.05) is 46.9 Å². The molecule has 2 atom stereocenters. The Labute approximate surface area is 258 Å². The molecule has 0 saturated carbocycles. The summed E-state index contributed by atoms with van der Waals surface area (Å²) in [5.41, 5.74) is 1.02. The average Bonchev–Trinajstić information content (AvgIpc) is 3.43. The number of aliphatic hydroxyl groups excluding tert-OH is 1. The van der Waals surface area contributed by atoms with E-state index >= 15 is 0 Å². The zero-order chi connectivity index (χ0) is 31.9. The lowest BCUT2D eigenvalue weighted by atomic mass is 10.0. The van der Waals surface area contributed by atoms with Gasteiger partial charge in [-0.2, -0.15) is 0 Å². The number of carbonyl (C=O) groups excluding carboxylic acids is 1. The first-order valence-electron chi connectivity index (χ1n) is 14.3. The molecule has 1 aliphatic heterocycles. The van der Waals surface area contributed by atoms with E-state index in [4.69, 9.17) is 23.8 Å². The fraction of sp³-hybridized carbons (Fsp3) is 0.406. The first-order valence-corrected chi connectivity index (χ1v) is 15.8. The quantitative estimate of drug-likeness (QED) is 0.256. The van der Waals surface area contributed by atoms with Gasteiger partial charge in [0.25, 0.3) is 10.0 Å². The minimum Gasteiger partial charge on any atom is -0.489 e. The van der Waals surface area contributed by atoms with E-state index in [2.05, 4.69) is 5.32 Å². The molecule has 3 aromatic carbocycles. The number of alkyl carbamates (subject to hydrolysis) is 1. The predicted molar refractivity (Wildman–Crippen MR) is 163 cm³/mol. The number of fused-ring (bicyclic) bond motifs is 1. The number of hydroxylamine groups is 1. The molecule has 1 heterocycles. The van der Waals surface area contributed by atoms with E-state index in [1.807, 2.05) is 42.5 Å². The van der Waals surface area contributed by atoms with Gasteiger partial charge in [0, 0.05) is 6.07 Å². The van der Waals surface area contributed by atoms with Crippen LogP contribution in [0, 0.1) is 0 Å². The minimum absolute atomic E-state index is 0.0120. The van der Waals surface area contributed by atoms with Crippen LogP contribution in [0.25, 0.3) is 0 Å². The molecule has 2 N–H and O–H groups in total. The van der Waals surface area contributed by atoms with Gasteiger partial charge in [0.1, 0.15) is 18.0 Å². The van der Waals surface area contributed by atoms with E-state index in [0.717, 1.165) is 15.6 Å². The Balaban J connectivity index is 1.52. The Morgan fingerprint density at radius 2 is 1.66 bits per heavy atom. The Hall–Kier alpha value is -3.84. The topological polar surface area (TPSA) is 133 Å². The summed E-state index contributed by atoms with van der Waals surface area (Å²) < 4.78 is 50.0. The van der Waals surface area contributed by atoms with Crippen LogP contribution < -0.4 is 19.5 Å². The number of nitrogens with one attached hydrogen (secondary N) is 1. The van der Waals surface area contributed by atoms with Crippen molar-refractivity contribution in [2.75, 3.05) is 13.3 Å². The normalized spacial score (nSPS) is 14.4. The zero-order valence-electron chi connectivity index (χ0n) is 25.6. The summed E-state index contributed by atoms with van der Waals surface area (Å²) in [4.78, 5) is 18.4. The van der Waals surface area contributed by atoms with E-state index in [0.29, 0.717) is 18.1 Å². The molecule has 4 rings (SSSR count). The van der Waals surface area contributed by atoms with Crippen LogP contribution in [0.5, 0.6) is 17.2 Å². The second kappa shape index (κ2) is 14.3. The SMILES string of the molecule is CC(C)ON(C[C@@H](O)[C@H](Cc1ccc(OCc2ccccc2)cc1)NC(=O)OC(C)(C)C)S(=O)(=O)c1ccc2c(c1)OCO2. The standard InChI is InChI=1S/C32H40N2O9S/c1-22(2)43-34(44(37,38)26-15-16-29-30(18-26)41-21-40-29)19-28(35)27(33-31(36)42-32(3,4)5)17-23-11-13-25(14-12-23)39-20-24-9-7-6-8-10-24/h6-16,18,22,27-28,35H,17,19-21H2,1-5H3,(H,33,36)/t27-,28+/m0/s1. The van der Waals surface area contributed by atoms with Gasteiger partial charge in [-0.25, -0.2) is 13.2 Å². The van der Waals surface area contributed by atoms with Gasteiger partial charge in [-0.3, -0.25) is 4.84 Å². The van der Waals surface area contributed by atoms with Gasteiger partial charge in [0.05, 0.1) is 29.7 Å². The number of sulfonamides is 1. The van der Waals surface area contributed by atoms with Crippen LogP contribution in [0.4, 0.5) is 4.79 Å². The number of rotatable bonds is 13. The third-order valence-electron chi connectivity index (χ3n) is 6.37. The number of carbonyl (C=O) groups is 1. The van der Waals surface area contributed by atoms with Crippen molar-refractivity contribution in [1.29, 1.82) is 0 Å². The van der Waals surface area contributed by atoms with Crippen LogP contribution in [0.1, 0.15) is 45.7 Å². The lowest BCUT2D eigenvalue weighted by Gasteiger charge is -2.30. The number of hydrogen-bond acceptors (Lipinski definition) is 9. The Kier molecular flexibility index (Phi) is 10.7. The molecule has 0 fully saturated rings. The Morgan fingerprint density at radius 1 is 0.977 bits per heavy atom. The highest BCUT2D eigenvalue weighted by atomic mass is 32.2. The van der Waals surface area contributed by atoms with Crippen molar-refractivity contribution in [2.45, 2.75) is 76.4 Å². The molecular formula is C32H40N2O9S. The van der Waals surface area contributed by atoms with E-state index < -0.39 is 46.5 Å². The Bertz CT molecular complexity index is 1490. The molecule has 1 aliphatic rings. The largest absolute Gasteiger partial charge is 0.489 e. The lowest BCUT2D eigenvalue weighted by molar-refractivity contribution is -0.136. The highest BCUT2D eigenvalue weighted by Gasteiger charge is 2.34. The average molecular weight is 629 g/mol. The van der Waals surface area contributed by atoms with Crippen LogP contribution in [0.15, 0.2) is 77.7 Å². The van der Waals surface area contributed by atoms with Crippen LogP contribution in [0.2, 0.25) is 0 Å². The molecule has 1 amide bonds. The number of nitrogens with zero attached hydrogens (tertiary/aromatic N) is 1. The molecule has 3 aromatic rings. The fourth-order valence-electron chi connectivity index (χ4n) is 4.33. The third kappa shape index (κ3) is 9.33. The van der Waals surface area contributed by atoms with Crippen molar-refractivity contribution >= 4 is 16.1 Å². The smallest absolute Gasteiger partial charge is 0.407 e. The molecule has 0 aliphatic carbocycles. The van der Waals surface area contributed by atoms with E-state index in [-0.39, 0.29) is 23.9 Å². The van der Waals surface area contributed by atoms with Gasteiger partial charge in [0.15, 0.2) is 11.5 Å². The van der Waals surface area contributed by atoms with E-state index in [1.165, 1.54) is 18.2 Å². The van der Waals surface area contributed by atoms with Crippen LogP contribution in [-0.2, 0) is 32.6 Å². The first kappa shape index (κ1) is 33.1. The second-order valence-corrected chi connectivity index (χ2v) is 13.4. The van der Waals surface area contributed by atoms with Crippen molar-refractivity contribution in [1.82, 2.24) is 9.79 Å². The molecule has 0 spiro atoms. The minimum atomic E-state index is -4.26. The fourth-order valence-corrected chi connectivity index (χ4v) is 5.69. The summed E-state index contributed by atoms with van der Waals surface area (Å²) in [5.74, 6) is 1.37. The first-order chi connectivity index (χ1) is 20.8. The molecule has 0 unspecified atom stereocenters. The lowest BCUT2D eigenvalue weighted by Crippen LogP contribution is -2.51. The molecule has 0 aromatic heterocycles. The maximum absolute atomic E-state index is 13.7. The molecule has 11 nitrogen and oxygen atoms in total. The van der Waals surface area contributed by atoms with Crippen LogP contribution in [0.3, 0.4) is 0 Å². The van der Waals surface area contributed by atoms with Crippen molar-refractivity contribution in [3.8, 4) is 17.2 Å². The van der Waals surface area contributed by atoms with Crippen molar-refractivity contribution in [2.24, 2.45) is 0 Å². The highest BCUT2D eigenvalue weighted by Crippen LogP contribution is 2.35. The molecule has 44 heavy (non-hydrogen) atoms. The summed E-state index contributed by atoms with van der Waals surface area (Å²) >= 11 is 0. The summed E-state index contributed by atoms with van der Waals surface area (Å²) in [5, 5.41) is 14.1. The number of aliphatic hydroxyl groups is 1. The van der Waals surface area contributed by atoms with Gasteiger partial charge < -0.3 is 29.4 Å². The molecule has 0 bridgehead atoms. The highest BCUT2D eigenvalue weighted by molar-refractivity contribution is 7.89. The maximum Gasteiger partial charge on any atom is 0.407 e. The van der Waals surface area contributed by atoms with Gasteiger partial charge in [0.2, 0.25) is 6.79 Å². The predicted octanol–water partition coefficient (Wildman–Crippen LogP) is 4.82. The van der Waals surface area contributed by atoms with Crippen molar-refractivity contribution in [3.05, 3.63) is 83.9 Å². The molecule has 238 valence electrons. The Morgan fingerprint density at radius 3 is 2.32 bits per heavy atom.